The van der Waals surface area contributed by atoms with Gasteiger partial charge in [0.25, 0.3) is 0 Å². The molecule has 4 N–H and O–H groups in total. The van der Waals surface area contributed by atoms with Crippen LogP contribution < -0.4 is 20.5 Å². The zero-order chi connectivity index (χ0) is 25.5. The molecule has 1 unspecified atom stereocenters. The Morgan fingerprint density at radius 2 is 1.39 bits per heavy atom. The molecule has 4 rings (SSSR count). The number of amides is 2. The molecule has 0 spiro atoms. The van der Waals surface area contributed by atoms with E-state index >= 15 is 0 Å². The van der Waals surface area contributed by atoms with Crippen LogP contribution in [0.5, 0.6) is 11.5 Å². The Labute approximate surface area is 210 Å². The summed E-state index contributed by atoms with van der Waals surface area (Å²) in [5, 5.41) is 0. The first-order chi connectivity index (χ1) is 17.4. The molecule has 3 aromatic carbocycles. The van der Waals surface area contributed by atoms with Gasteiger partial charge >= 0.3 is 7.60 Å². The van der Waals surface area contributed by atoms with E-state index in [9.17, 15) is 14.2 Å². The Bertz CT molecular complexity index is 1220. The number of para-hydroxylation sites is 2. The quantitative estimate of drug-likeness (QED) is 0.398. The van der Waals surface area contributed by atoms with Crippen LogP contribution in [0.3, 0.4) is 0 Å². The van der Waals surface area contributed by atoms with Gasteiger partial charge in [-0.1, -0.05) is 66.7 Å². The summed E-state index contributed by atoms with van der Waals surface area (Å²) >= 11 is 0. The molecular formula is C27H28N3O5P. The molecule has 0 aliphatic carbocycles. The molecule has 0 saturated carbocycles. The molecule has 8 nitrogen and oxygen atoms in total. The average Bonchev–Trinajstić information content (AvgIpc) is 3.35. The van der Waals surface area contributed by atoms with Gasteiger partial charge in [-0.15, -0.1) is 0 Å². The number of hydrogen-bond donors (Lipinski definition) is 2. The van der Waals surface area contributed by atoms with Gasteiger partial charge in [-0.2, -0.15) is 0 Å². The standard InChI is InChI=1S/C27H28N3O5P/c28-24(16-17-25(29)31)27(32)30-19-21(20-10-4-1-5-11-20)18-26(30)36(33,34-22-12-6-2-7-13-22)35-23-14-8-3-9-15-23/h1-15,18,24,26H,16-17,19,28H2,(H2,29,31)/t24-,26?/m0/s1. The monoisotopic (exact) mass is 505 g/mol. The maximum absolute atomic E-state index is 14.5. The molecule has 2 amide bonds. The van der Waals surface area contributed by atoms with Gasteiger partial charge < -0.3 is 25.4 Å². The van der Waals surface area contributed by atoms with Crippen molar-refractivity contribution < 1.29 is 23.2 Å². The first-order valence-electron chi connectivity index (χ1n) is 11.6. The fourth-order valence-electron chi connectivity index (χ4n) is 3.93. The van der Waals surface area contributed by atoms with Crippen molar-refractivity contribution >= 4 is 25.0 Å². The van der Waals surface area contributed by atoms with E-state index in [0.717, 1.165) is 11.1 Å². The van der Waals surface area contributed by atoms with Gasteiger partial charge in [0.2, 0.25) is 11.8 Å². The van der Waals surface area contributed by atoms with Crippen LogP contribution >= 0.6 is 7.60 Å². The molecule has 3 aromatic rings. The van der Waals surface area contributed by atoms with Crippen LogP contribution in [0.1, 0.15) is 18.4 Å². The van der Waals surface area contributed by atoms with Gasteiger partial charge in [-0.05, 0) is 47.9 Å². The second-order valence-electron chi connectivity index (χ2n) is 8.40. The lowest BCUT2D eigenvalue weighted by Crippen LogP contribution is -2.47. The number of carbonyl (C=O) groups excluding carboxylic acids is 2. The maximum Gasteiger partial charge on any atom is 0.457 e. The smallest absolute Gasteiger partial charge is 0.415 e. The first-order valence-corrected chi connectivity index (χ1v) is 13.2. The largest absolute Gasteiger partial charge is 0.457 e. The Kier molecular flexibility index (Phi) is 7.88. The number of primary amides is 1. The van der Waals surface area contributed by atoms with Crippen molar-refractivity contribution in [3.05, 3.63) is 103 Å². The normalized spacial score (nSPS) is 16.2. The average molecular weight is 506 g/mol. The molecule has 2 atom stereocenters. The van der Waals surface area contributed by atoms with Crippen LogP contribution in [0, 0.1) is 0 Å². The zero-order valence-electron chi connectivity index (χ0n) is 19.6. The van der Waals surface area contributed by atoms with Gasteiger partial charge in [0, 0.05) is 13.0 Å². The molecule has 186 valence electrons. The predicted octanol–water partition coefficient (Wildman–Crippen LogP) is 4.18. The van der Waals surface area contributed by atoms with Gasteiger partial charge in [-0.3, -0.25) is 9.59 Å². The number of nitrogens with two attached hydrogens (primary N) is 2. The summed E-state index contributed by atoms with van der Waals surface area (Å²) in [4.78, 5) is 26.1. The Morgan fingerprint density at radius 3 is 1.89 bits per heavy atom. The van der Waals surface area contributed by atoms with Crippen molar-refractivity contribution in [2.45, 2.75) is 24.7 Å². The summed E-state index contributed by atoms with van der Waals surface area (Å²) in [5.74, 6) is -1.41. The molecule has 0 aromatic heterocycles. The number of hydrogen-bond acceptors (Lipinski definition) is 6. The third-order valence-corrected chi connectivity index (χ3v) is 7.74. The summed E-state index contributed by atoms with van der Waals surface area (Å²) in [7, 11) is -4.07. The molecule has 1 aliphatic rings. The third kappa shape index (κ3) is 6.03. The van der Waals surface area contributed by atoms with Crippen LogP contribution in [0.4, 0.5) is 0 Å². The van der Waals surface area contributed by atoms with Crippen LogP contribution in [0.25, 0.3) is 5.57 Å². The molecule has 0 fully saturated rings. The lowest BCUT2D eigenvalue weighted by atomic mass is 10.1. The van der Waals surface area contributed by atoms with Crippen molar-refractivity contribution in [2.24, 2.45) is 11.5 Å². The number of nitrogens with zero attached hydrogens (tertiary/aromatic N) is 1. The molecule has 0 saturated heterocycles. The van der Waals surface area contributed by atoms with E-state index in [0.29, 0.717) is 11.5 Å². The fraction of sp³-hybridized carbons (Fsp3) is 0.185. The van der Waals surface area contributed by atoms with Crippen molar-refractivity contribution in [1.29, 1.82) is 0 Å². The molecule has 9 heteroatoms. The topological polar surface area (TPSA) is 125 Å². The summed E-state index contributed by atoms with van der Waals surface area (Å²) in [6.07, 6.45) is 1.77. The van der Waals surface area contributed by atoms with Gasteiger partial charge in [0.05, 0.1) is 6.04 Å². The Balaban J connectivity index is 1.74. The predicted molar refractivity (Wildman–Crippen MR) is 138 cm³/mol. The highest BCUT2D eigenvalue weighted by Crippen LogP contribution is 2.56. The zero-order valence-corrected chi connectivity index (χ0v) is 20.5. The third-order valence-electron chi connectivity index (χ3n) is 5.73. The Hall–Kier alpha value is -3.87. The second-order valence-corrected chi connectivity index (χ2v) is 10.4. The lowest BCUT2D eigenvalue weighted by molar-refractivity contribution is -0.132. The van der Waals surface area contributed by atoms with Crippen molar-refractivity contribution in [2.75, 3.05) is 6.54 Å². The Morgan fingerprint density at radius 1 is 0.889 bits per heavy atom. The van der Waals surface area contributed by atoms with E-state index < -0.39 is 31.2 Å². The number of benzene rings is 3. The fourth-order valence-corrected chi connectivity index (χ4v) is 5.91. The molecular weight excluding hydrogens is 477 g/mol. The van der Waals surface area contributed by atoms with Crippen molar-refractivity contribution in [1.82, 2.24) is 4.90 Å². The minimum absolute atomic E-state index is 0.0386. The highest BCUT2D eigenvalue weighted by molar-refractivity contribution is 7.55. The summed E-state index contributed by atoms with van der Waals surface area (Å²) < 4.78 is 26.6. The van der Waals surface area contributed by atoms with Crippen LogP contribution in [-0.4, -0.2) is 35.1 Å². The molecule has 0 radical (unpaired) electrons. The van der Waals surface area contributed by atoms with Gasteiger partial charge in [0.1, 0.15) is 11.5 Å². The van der Waals surface area contributed by atoms with E-state index in [1.807, 2.05) is 42.5 Å². The first kappa shape index (κ1) is 25.2. The molecule has 0 bridgehead atoms. The van der Waals surface area contributed by atoms with Gasteiger partial charge in [-0.25, -0.2) is 4.57 Å². The van der Waals surface area contributed by atoms with Crippen LogP contribution in [0.2, 0.25) is 0 Å². The maximum atomic E-state index is 14.5. The summed E-state index contributed by atoms with van der Waals surface area (Å²) in [6, 6.07) is 25.8. The van der Waals surface area contributed by atoms with Crippen LogP contribution in [0.15, 0.2) is 97.1 Å². The van der Waals surface area contributed by atoms with Gasteiger partial charge in [0.15, 0.2) is 5.78 Å². The van der Waals surface area contributed by atoms with E-state index in [1.165, 1.54) is 4.90 Å². The minimum Gasteiger partial charge on any atom is -0.415 e. The second kappa shape index (κ2) is 11.2. The van der Waals surface area contributed by atoms with Crippen LogP contribution in [-0.2, 0) is 14.2 Å². The molecule has 1 heterocycles. The van der Waals surface area contributed by atoms with E-state index in [-0.39, 0.29) is 19.4 Å². The van der Waals surface area contributed by atoms with E-state index in [1.54, 1.807) is 54.6 Å². The van der Waals surface area contributed by atoms with E-state index in [4.69, 9.17) is 20.5 Å². The highest BCUT2D eigenvalue weighted by Gasteiger charge is 2.48. The summed E-state index contributed by atoms with van der Waals surface area (Å²) in [6.45, 7) is 0.151. The minimum atomic E-state index is -4.07. The molecule has 1 aliphatic heterocycles. The molecule has 36 heavy (non-hydrogen) atoms. The SMILES string of the molecule is NC(=O)CC[C@H](N)C(=O)N1CC(c2ccccc2)=CC1P(=O)(Oc1ccccc1)Oc1ccccc1. The number of carbonyl (C=O) groups is 2. The highest BCUT2D eigenvalue weighted by atomic mass is 31.2. The van der Waals surface area contributed by atoms with Crippen molar-refractivity contribution in [3.8, 4) is 11.5 Å². The number of rotatable bonds is 10. The van der Waals surface area contributed by atoms with Crippen molar-refractivity contribution in [3.63, 3.8) is 0 Å². The lowest BCUT2D eigenvalue weighted by Gasteiger charge is -2.32. The van der Waals surface area contributed by atoms with E-state index in [2.05, 4.69) is 0 Å². The summed E-state index contributed by atoms with van der Waals surface area (Å²) in [5.41, 5.74) is 13.0.